The van der Waals surface area contributed by atoms with Gasteiger partial charge >= 0.3 is 6.03 Å². The minimum Gasteiger partial charge on any atom is -0.293 e. The fourth-order valence-corrected chi connectivity index (χ4v) is 4.51. The summed E-state index contributed by atoms with van der Waals surface area (Å²) >= 11 is 2.15. The summed E-state index contributed by atoms with van der Waals surface area (Å²) in [5, 5.41) is 2.27. The van der Waals surface area contributed by atoms with Gasteiger partial charge in [-0.05, 0) is 78.0 Å². The van der Waals surface area contributed by atoms with Crippen molar-refractivity contribution in [1.82, 2.24) is 5.32 Å². The van der Waals surface area contributed by atoms with Crippen LogP contribution in [-0.2, 0) is 9.59 Å². The van der Waals surface area contributed by atoms with Crippen LogP contribution < -0.4 is 10.2 Å². The van der Waals surface area contributed by atoms with E-state index in [9.17, 15) is 14.4 Å². The first kappa shape index (κ1) is 16.7. The van der Waals surface area contributed by atoms with Crippen LogP contribution in [-0.4, -0.2) is 30.1 Å². The van der Waals surface area contributed by atoms with Gasteiger partial charge in [-0.15, -0.1) is 0 Å². The van der Waals surface area contributed by atoms with E-state index in [1.54, 1.807) is 12.1 Å². The molecule has 1 aromatic carbocycles. The minimum atomic E-state index is -1.05. The molecule has 3 aliphatic rings. The number of nitrogens with zero attached hydrogens (tertiary/aromatic N) is 2. The van der Waals surface area contributed by atoms with E-state index in [1.807, 2.05) is 12.1 Å². The third kappa shape index (κ3) is 3.09. The van der Waals surface area contributed by atoms with E-state index < -0.39 is 23.8 Å². The molecule has 2 bridgehead atoms. The molecular weight excluding hydrogens is 433 g/mol. The van der Waals surface area contributed by atoms with Gasteiger partial charge in [-0.3, -0.25) is 19.9 Å². The number of benzene rings is 1. The Morgan fingerprint density at radius 3 is 2.52 bits per heavy atom. The van der Waals surface area contributed by atoms with Crippen molar-refractivity contribution >= 4 is 52.3 Å². The number of fused-ring (bicyclic) bond motifs is 2. The monoisotopic (exact) mass is 451 g/mol. The first-order valence-electron chi connectivity index (χ1n) is 8.50. The van der Waals surface area contributed by atoms with Gasteiger partial charge in [-0.2, -0.15) is 0 Å². The fraction of sp³-hybridized carbons (Fsp3) is 0.444. The molecule has 0 radical (unpaired) electrons. The number of amides is 4. The Bertz CT molecular complexity index is 761. The van der Waals surface area contributed by atoms with Crippen LogP contribution in [0.25, 0.3) is 0 Å². The Morgan fingerprint density at radius 1 is 1.12 bits per heavy atom. The highest BCUT2D eigenvalue weighted by atomic mass is 127. The van der Waals surface area contributed by atoms with E-state index >= 15 is 0 Å². The summed E-state index contributed by atoms with van der Waals surface area (Å²) < 4.78 is 0.997. The molecule has 1 aliphatic heterocycles. The average Bonchev–Trinajstić information content (AvgIpc) is 3.19. The fourth-order valence-electron chi connectivity index (χ4n) is 4.15. The molecule has 7 heteroatoms. The second-order valence-corrected chi connectivity index (χ2v) is 8.21. The Hall–Kier alpha value is -1.77. The number of nitrogens with one attached hydrogen (secondary N) is 1. The molecule has 2 saturated carbocycles. The quantitative estimate of drug-likeness (QED) is 0.436. The molecule has 0 aromatic heterocycles. The smallest absolute Gasteiger partial charge is 0.293 e. The van der Waals surface area contributed by atoms with Gasteiger partial charge < -0.3 is 0 Å². The highest BCUT2D eigenvalue weighted by Gasteiger charge is 2.42. The van der Waals surface area contributed by atoms with Gasteiger partial charge in [-0.25, -0.2) is 9.69 Å². The normalized spacial score (nSPS) is 31.9. The van der Waals surface area contributed by atoms with E-state index in [4.69, 9.17) is 0 Å². The summed E-state index contributed by atoms with van der Waals surface area (Å²) in [7, 11) is 0. The zero-order valence-electron chi connectivity index (χ0n) is 13.5. The molecule has 4 amide bonds. The molecule has 2 aliphatic carbocycles. The van der Waals surface area contributed by atoms with Gasteiger partial charge in [0.1, 0.15) is 0 Å². The van der Waals surface area contributed by atoms with Gasteiger partial charge in [0.25, 0.3) is 5.91 Å². The van der Waals surface area contributed by atoms with Crippen molar-refractivity contribution in [2.24, 2.45) is 22.7 Å². The molecule has 1 aromatic rings. The zero-order valence-corrected chi connectivity index (χ0v) is 15.7. The Morgan fingerprint density at radius 2 is 1.88 bits per heavy atom. The van der Waals surface area contributed by atoms with E-state index in [-0.39, 0.29) is 6.04 Å². The Labute approximate surface area is 159 Å². The van der Waals surface area contributed by atoms with Crippen molar-refractivity contribution in [3.8, 4) is 0 Å². The standard InChI is InChI=1S/C18H18IN3O3/c19-12-3-5-13(6-4-12)22-17(24)14(16(23)21-18(22)25)9-20-15-8-10-1-2-11(15)7-10/h3-6,9-11,14-15H,1-2,7-8H2,(H,21,23,25)/t10-,11-,14+,15-/m0/s1. The van der Waals surface area contributed by atoms with Gasteiger partial charge in [0.2, 0.25) is 5.91 Å². The molecule has 0 unspecified atom stereocenters. The van der Waals surface area contributed by atoms with Crippen LogP contribution >= 0.6 is 22.6 Å². The van der Waals surface area contributed by atoms with Crippen LogP contribution in [0.15, 0.2) is 29.3 Å². The Balaban J connectivity index is 1.55. The molecule has 3 fully saturated rings. The van der Waals surface area contributed by atoms with Crippen LogP contribution in [0.1, 0.15) is 25.7 Å². The van der Waals surface area contributed by atoms with Gasteiger partial charge in [0, 0.05) is 9.78 Å². The number of carbonyl (C=O) groups excluding carboxylic acids is 3. The predicted octanol–water partition coefficient (Wildman–Crippen LogP) is 2.75. The summed E-state index contributed by atoms with van der Waals surface area (Å²) in [5.74, 6) is -0.855. The molecule has 25 heavy (non-hydrogen) atoms. The molecule has 1 saturated heterocycles. The molecule has 1 N–H and O–H groups in total. The number of barbiturate groups is 1. The number of hydrogen-bond donors (Lipinski definition) is 1. The molecule has 1 heterocycles. The van der Waals surface area contributed by atoms with Crippen molar-refractivity contribution in [1.29, 1.82) is 0 Å². The lowest BCUT2D eigenvalue weighted by Gasteiger charge is -2.29. The van der Waals surface area contributed by atoms with Crippen molar-refractivity contribution in [3.05, 3.63) is 27.8 Å². The largest absolute Gasteiger partial charge is 0.335 e. The second kappa shape index (κ2) is 6.51. The number of urea groups is 1. The maximum atomic E-state index is 12.7. The lowest BCUT2D eigenvalue weighted by atomic mass is 9.95. The maximum absolute atomic E-state index is 12.7. The number of imide groups is 2. The molecule has 6 nitrogen and oxygen atoms in total. The number of aliphatic imine (C=N–C) groups is 1. The van der Waals surface area contributed by atoms with Crippen molar-refractivity contribution in [2.45, 2.75) is 31.7 Å². The van der Waals surface area contributed by atoms with Crippen molar-refractivity contribution in [2.75, 3.05) is 4.90 Å². The number of anilines is 1. The van der Waals surface area contributed by atoms with Crippen molar-refractivity contribution in [3.63, 3.8) is 0 Å². The first-order chi connectivity index (χ1) is 12.0. The van der Waals surface area contributed by atoms with Crippen LogP contribution in [0.3, 0.4) is 0 Å². The SMILES string of the molecule is O=C1NC(=O)N(c2ccc(I)cc2)C(=O)[C@@H]1C=N[C@H]1C[C@H]2CC[C@H]1C2. The van der Waals surface area contributed by atoms with Crippen LogP contribution in [0.5, 0.6) is 0 Å². The van der Waals surface area contributed by atoms with Crippen LogP contribution in [0, 0.1) is 21.3 Å². The summed E-state index contributed by atoms with van der Waals surface area (Å²) in [4.78, 5) is 42.6. The van der Waals surface area contributed by atoms with Crippen LogP contribution in [0.4, 0.5) is 10.5 Å². The highest BCUT2D eigenvalue weighted by Crippen LogP contribution is 2.45. The van der Waals surface area contributed by atoms with E-state index in [2.05, 4.69) is 32.9 Å². The third-order valence-corrected chi connectivity index (χ3v) is 6.13. The molecule has 0 spiro atoms. The predicted molar refractivity (Wildman–Crippen MR) is 101 cm³/mol. The van der Waals surface area contributed by atoms with E-state index in [0.29, 0.717) is 11.6 Å². The summed E-state index contributed by atoms with van der Waals surface area (Å²) in [6.45, 7) is 0. The van der Waals surface area contributed by atoms with E-state index in [1.165, 1.54) is 25.5 Å². The van der Waals surface area contributed by atoms with Gasteiger partial charge in [0.15, 0.2) is 5.92 Å². The Kier molecular flexibility index (Phi) is 4.35. The molecule has 130 valence electrons. The number of carbonyl (C=O) groups is 3. The van der Waals surface area contributed by atoms with Gasteiger partial charge in [0.05, 0.1) is 11.7 Å². The lowest BCUT2D eigenvalue weighted by molar-refractivity contribution is -0.131. The first-order valence-corrected chi connectivity index (χ1v) is 9.58. The summed E-state index contributed by atoms with van der Waals surface area (Å²) in [6, 6.07) is 6.51. The molecular formula is C18H18IN3O3. The summed E-state index contributed by atoms with van der Waals surface area (Å²) in [6.07, 6.45) is 6.16. The molecule has 4 atom stereocenters. The number of halogens is 1. The maximum Gasteiger partial charge on any atom is 0.335 e. The number of rotatable bonds is 3. The average molecular weight is 451 g/mol. The van der Waals surface area contributed by atoms with E-state index in [0.717, 1.165) is 20.8 Å². The second-order valence-electron chi connectivity index (χ2n) is 6.96. The lowest BCUT2D eigenvalue weighted by Crippen LogP contribution is -2.58. The topological polar surface area (TPSA) is 78.8 Å². The minimum absolute atomic E-state index is 0.212. The van der Waals surface area contributed by atoms with Crippen molar-refractivity contribution < 1.29 is 14.4 Å². The highest BCUT2D eigenvalue weighted by molar-refractivity contribution is 14.1. The number of hydrogen-bond acceptors (Lipinski definition) is 4. The zero-order chi connectivity index (χ0) is 17.6. The van der Waals surface area contributed by atoms with Crippen LogP contribution in [0.2, 0.25) is 0 Å². The van der Waals surface area contributed by atoms with Gasteiger partial charge in [-0.1, -0.05) is 6.42 Å². The molecule has 4 rings (SSSR count). The third-order valence-electron chi connectivity index (χ3n) is 5.41. The summed E-state index contributed by atoms with van der Waals surface area (Å²) in [5.41, 5.74) is 0.453.